The maximum absolute atomic E-state index is 11.1. The van der Waals surface area contributed by atoms with E-state index in [2.05, 4.69) is 20.0 Å². The Kier molecular flexibility index (Phi) is 7.79. The van der Waals surface area contributed by atoms with E-state index < -0.39 is 4.92 Å². The molecule has 0 bridgehead atoms. The number of anilines is 1. The van der Waals surface area contributed by atoms with Crippen LogP contribution < -0.4 is 5.73 Å². The van der Waals surface area contributed by atoms with Gasteiger partial charge in [0, 0.05) is 77.4 Å². The number of aromatic nitrogens is 2. The van der Waals surface area contributed by atoms with Crippen molar-refractivity contribution >= 4 is 29.1 Å². The molecule has 0 spiro atoms. The molecule has 6 rings (SSSR count). The van der Waals surface area contributed by atoms with E-state index >= 15 is 0 Å². The topological polar surface area (TPSA) is 157 Å². The Morgan fingerprint density at radius 3 is 1.88 bits per heavy atom. The van der Waals surface area contributed by atoms with Crippen LogP contribution in [0.2, 0.25) is 0 Å². The molecule has 0 aliphatic carbocycles. The Labute approximate surface area is 230 Å². The minimum Gasteiger partial charge on any atom is -0.398 e. The van der Waals surface area contributed by atoms with Gasteiger partial charge >= 0.3 is 0 Å². The number of aliphatic hydroxyl groups is 1. The van der Waals surface area contributed by atoms with Crippen LogP contribution in [0.1, 0.15) is 44.5 Å². The van der Waals surface area contributed by atoms with E-state index in [0.717, 1.165) is 56.1 Å². The van der Waals surface area contributed by atoms with Crippen LogP contribution in [0.25, 0.3) is 0 Å². The van der Waals surface area contributed by atoms with Gasteiger partial charge in [-0.1, -0.05) is 0 Å². The van der Waals surface area contributed by atoms with Crippen molar-refractivity contribution in [1.29, 1.82) is 0 Å². The molecule has 4 aromatic rings. The van der Waals surface area contributed by atoms with Crippen LogP contribution >= 0.6 is 0 Å². The van der Waals surface area contributed by atoms with Crippen LogP contribution in [-0.2, 0) is 30.7 Å². The Hall–Kier alpha value is -5.09. The number of aldehydes is 1. The lowest BCUT2D eigenvalue weighted by atomic mass is 9.96. The molecule has 0 fully saturated rings. The lowest BCUT2D eigenvalue weighted by molar-refractivity contribution is -0.385. The van der Waals surface area contributed by atoms with E-state index in [-0.39, 0.29) is 18.7 Å². The maximum atomic E-state index is 11.1. The first-order valence-corrected chi connectivity index (χ1v) is 12.7. The number of hydrogen-bond acceptors (Lipinski definition) is 9. The van der Waals surface area contributed by atoms with Crippen LogP contribution in [0.5, 0.6) is 0 Å². The predicted octanol–water partition coefficient (Wildman–Crippen LogP) is 3.63. The van der Waals surface area contributed by atoms with E-state index in [0.29, 0.717) is 31.4 Å². The third-order valence-electron chi connectivity index (χ3n) is 6.78. The molecule has 2 aromatic carbocycles. The van der Waals surface area contributed by atoms with Crippen LogP contribution in [0.3, 0.4) is 0 Å². The van der Waals surface area contributed by atoms with Crippen LogP contribution in [0.4, 0.5) is 11.4 Å². The van der Waals surface area contributed by atoms with Crippen molar-refractivity contribution in [2.75, 3.05) is 12.3 Å². The van der Waals surface area contributed by atoms with Gasteiger partial charge in [0.2, 0.25) is 0 Å². The monoisotopic (exact) mass is 534 g/mol. The molecule has 10 nitrogen and oxygen atoms in total. The number of fused-ring (bicyclic) bond motifs is 2. The fraction of sp³-hybridized carbons (Fsp3) is 0.167. The van der Waals surface area contributed by atoms with E-state index in [1.165, 1.54) is 6.07 Å². The highest BCUT2D eigenvalue weighted by Crippen LogP contribution is 2.30. The first-order valence-electron chi connectivity index (χ1n) is 12.7. The largest absolute Gasteiger partial charge is 0.398 e. The highest BCUT2D eigenvalue weighted by Gasteiger charge is 2.24. The molecule has 0 saturated carbocycles. The molecule has 0 saturated heterocycles. The Morgan fingerprint density at radius 2 is 1.38 bits per heavy atom. The van der Waals surface area contributed by atoms with E-state index in [4.69, 9.17) is 10.8 Å². The van der Waals surface area contributed by atoms with Crippen molar-refractivity contribution in [3.05, 3.63) is 128 Å². The van der Waals surface area contributed by atoms with Gasteiger partial charge in [-0.3, -0.25) is 30.1 Å². The second-order valence-electron chi connectivity index (χ2n) is 9.25. The highest BCUT2D eigenvalue weighted by atomic mass is 16.6. The second-order valence-corrected chi connectivity index (χ2v) is 9.25. The first kappa shape index (κ1) is 26.5. The number of pyridine rings is 2. The Morgan fingerprint density at radius 1 is 0.850 bits per heavy atom. The number of hydrogen-bond donors (Lipinski definition) is 2. The van der Waals surface area contributed by atoms with Gasteiger partial charge in [0.25, 0.3) is 5.69 Å². The molecule has 0 radical (unpaired) electrons. The number of aliphatic imine (C=N–C) groups is 2. The van der Waals surface area contributed by atoms with E-state index in [1.807, 2.05) is 36.4 Å². The maximum Gasteiger partial charge on any atom is 0.273 e. The fourth-order valence-electron chi connectivity index (χ4n) is 4.86. The van der Waals surface area contributed by atoms with Crippen molar-refractivity contribution < 1.29 is 14.8 Å². The number of nitrogens with two attached hydrogens (primary N) is 1. The normalized spacial score (nSPS) is 12.9. The van der Waals surface area contributed by atoms with Crippen molar-refractivity contribution in [2.45, 2.75) is 25.9 Å². The summed E-state index contributed by atoms with van der Waals surface area (Å²) in [5.74, 6) is 0. The molecule has 4 heterocycles. The van der Waals surface area contributed by atoms with Gasteiger partial charge in [0.15, 0.2) is 0 Å². The number of benzene rings is 2. The number of carbonyl (C=O) groups is 1. The summed E-state index contributed by atoms with van der Waals surface area (Å²) in [7, 11) is 0. The first-order chi connectivity index (χ1) is 19.5. The molecule has 0 unspecified atom stereocenters. The summed E-state index contributed by atoms with van der Waals surface area (Å²) in [4.78, 5) is 38.4. The molecule has 10 heteroatoms. The summed E-state index contributed by atoms with van der Waals surface area (Å²) in [6.07, 6.45) is 8.15. The lowest BCUT2D eigenvalue weighted by Gasteiger charge is -2.09. The van der Waals surface area contributed by atoms with E-state index in [1.54, 1.807) is 30.9 Å². The number of nitrogens with zero attached hydrogens (tertiary/aromatic N) is 5. The third-order valence-corrected chi connectivity index (χ3v) is 6.78. The van der Waals surface area contributed by atoms with Crippen molar-refractivity contribution in [3.8, 4) is 0 Å². The van der Waals surface area contributed by atoms with E-state index in [9.17, 15) is 14.9 Å². The van der Waals surface area contributed by atoms with Crippen molar-refractivity contribution in [3.63, 3.8) is 0 Å². The van der Waals surface area contributed by atoms with Crippen molar-refractivity contribution in [1.82, 2.24) is 9.97 Å². The molecule has 200 valence electrons. The number of nitrogen functional groups attached to an aromatic ring is 1. The molecular weight excluding hydrogens is 508 g/mol. The van der Waals surface area contributed by atoms with Crippen molar-refractivity contribution in [2.24, 2.45) is 9.98 Å². The van der Waals surface area contributed by atoms with Crippen LogP contribution in [0.15, 0.2) is 83.3 Å². The standard InChI is InChI=1S/C15H11N3O3.C15H15N3O/c19-6-3-11-7-13-12(8-14(11)18(20)21)9-17-15(13)10-1-4-16-5-2-10;16-14-8-12-9-18-15(10-1-4-17-5-2-10)13(12)7-11(14)3-6-19/h1-2,4-8H,3,9H2;1-2,4-5,7-8,19H,3,6,9,16H2. The molecule has 2 aromatic heterocycles. The van der Waals surface area contributed by atoms with Gasteiger partial charge in [-0.05, 0) is 65.6 Å². The summed E-state index contributed by atoms with van der Waals surface area (Å²) < 4.78 is 0. The fourth-order valence-corrected chi connectivity index (χ4v) is 4.86. The molecule has 0 amide bonds. The van der Waals surface area contributed by atoms with Gasteiger partial charge in [-0.2, -0.15) is 0 Å². The molecule has 2 aliphatic rings. The van der Waals surface area contributed by atoms with Gasteiger partial charge < -0.3 is 15.6 Å². The zero-order chi connectivity index (χ0) is 28.1. The number of aliphatic hydroxyl groups excluding tert-OH is 1. The van der Waals surface area contributed by atoms with Gasteiger partial charge in [0.1, 0.15) is 6.29 Å². The average molecular weight is 535 g/mol. The van der Waals surface area contributed by atoms with Gasteiger partial charge in [0.05, 0.1) is 29.4 Å². The zero-order valence-electron chi connectivity index (χ0n) is 21.5. The smallest absolute Gasteiger partial charge is 0.273 e. The number of carbonyl (C=O) groups excluding carboxylic acids is 1. The highest BCUT2D eigenvalue weighted by molar-refractivity contribution is 6.16. The molecule has 2 aliphatic heterocycles. The summed E-state index contributed by atoms with van der Waals surface area (Å²) in [6, 6.07) is 14.8. The molecule has 3 N–H and O–H groups in total. The Bertz CT molecular complexity index is 1640. The summed E-state index contributed by atoms with van der Waals surface area (Å²) in [5, 5.41) is 20.2. The predicted molar refractivity (Wildman–Crippen MR) is 152 cm³/mol. The summed E-state index contributed by atoms with van der Waals surface area (Å²) >= 11 is 0. The number of rotatable bonds is 7. The SMILES string of the molecule is Nc1cc2c(cc1CCO)C(c1ccncc1)=NC2.O=CCc1cc2c(cc1[N+](=O)[O-])CN=C2c1ccncc1. The second kappa shape index (κ2) is 11.7. The van der Waals surface area contributed by atoms with Gasteiger partial charge in [-0.15, -0.1) is 0 Å². The number of nitro benzene ring substituents is 1. The quantitative estimate of drug-likeness (QED) is 0.159. The number of nitro groups is 1. The summed E-state index contributed by atoms with van der Waals surface area (Å²) in [5.41, 5.74) is 15.8. The van der Waals surface area contributed by atoms with Crippen LogP contribution in [0, 0.1) is 10.1 Å². The minimum absolute atomic E-state index is 0.0211. The molecular formula is C30H26N6O4. The lowest BCUT2D eigenvalue weighted by Crippen LogP contribution is -2.05. The minimum atomic E-state index is -0.455. The Balaban J connectivity index is 0.000000162. The van der Waals surface area contributed by atoms with Crippen LogP contribution in [-0.4, -0.2) is 44.3 Å². The molecule has 40 heavy (non-hydrogen) atoms. The average Bonchev–Trinajstić information content (AvgIpc) is 3.58. The zero-order valence-corrected chi connectivity index (χ0v) is 21.5. The van der Waals surface area contributed by atoms with Gasteiger partial charge in [-0.25, -0.2) is 0 Å². The summed E-state index contributed by atoms with van der Waals surface area (Å²) in [6.45, 7) is 1.18. The third kappa shape index (κ3) is 5.38. The molecule has 0 atom stereocenters.